The molecule has 0 aliphatic carbocycles. The minimum absolute atomic E-state index is 0.651. The number of benzene rings is 5. The molecule has 0 N–H and O–H groups in total. The van der Waals surface area contributed by atoms with Crippen molar-refractivity contribution < 1.29 is 4.42 Å². The van der Waals surface area contributed by atoms with Gasteiger partial charge < -0.3 is 8.98 Å². The molecule has 0 spiro atoms. The molecular weight excluding hydrogens is 480 g/mol. The van der Waals surface area contributed by atoms with Crippen LogP contribution in [0.3, 0.4) is 0 Å². The Morgan fingerprint density at radius 3 is 2.36 bits per heavy atom. The number of nitrogens with zero attached hydrogens (tertiary/aromatic N) is 4. The second kappa shape index (κ2) is 7.55. The fourth-order valence-corrected chi connectivity index (χ4v) is 6.07. The van der Waals surface area contributed by atoms with Crippen LogP contribution in [-0.2, 0) is 0 Å². The molecule has 0 fully saturated rings. The van der Waals surface area contributed by atoms with Gasteiger partial charge in [0.25, 0.3) is 0 Å². The molecule has 0 aliphatic heterocycles. The predicted molar refractivity (Wildman–Crippen MR) is 158 cm³/mol. The van der Waals surface area contributed by atoms with Crippen LogP contribution in [-0.4, -0.2) is 19.2 Å². The van der Waals surface area contributed by atoms with Crippen LogP contribution in [0.15, 0.2) is 126 Å². The van der Waals surface area contributed by atoms with Crippen LogP contribution in [0.2, 0.25) is 0 Å². The van der Waals surface area contributed by atoms with E-state index in [1.54, 1.807) is 0 Å². The van der Waals surface area contributed by atoms with Gasteiger partial charge in [0.2, 0.25) is 5.71 Å². The standard InChI is InChI=1S/C34H20N4O/c1-2-8-21(9-3-1)23-14-16-26-30(20-23)39-34-32(26)36-33-29(18-19-35-38(33)34)37-27-13-7-6-12-25(27)31-24-11-5-4-10-22(24)15-17-28(31)37/h1-20H. The highest BCUT2D eigenvalue weighted by atomic mass is 16.3. The number of aromatic nitrogens is 4. The van der Waals surface area contributed by atoms with Crippen molar-refractivity contribution in [2.75, 3.05) is 0 Å². The summed E-state index contributed by atoms with van der Waals surface area (Å²) in [6, 6.07) is 40.2. The van der Waals surface area contributed by atoms with Crippen LogP contribution in [0.1, 0.15) is 0 Å². The Morgan fingerprint density at radius 1 is 0.615 bits per heavy atom. The number of furan rings is 1. The first-order valence-electron chi connectivity index (χ1n) is 13.0. The van der Waals surface area contributed by atoms with E-state index in [9.17, 15) is 0 Å². The van der Waals surface area contributed by atoms with Gasteiger partial charge in [-0.2, -0.15) is 9.61 Å². The maximum atomic E-state index is 6.40. The monoisotopic (exact) mass is 500 g/mol. The van der Waals surface area contributed by atoms with Gasteiger partial charge in [-0.25, -0.2) is 4.98 Å². The third-order valence-corrected chi connectivity index (χ3v) is 7.81. The van der Waals surface area contributed by atoms with Crippen molar-refractivity contribution in [3.63, 3.8) is 0 Å². The van der Waals surface area contributed by atoms with E-state index in [-0.39, 0.29) is 0 Å². The first kappa shape index (κ1) is 20.6. The number of fused-ring (bicyclic) bond motifs is 10. The second-order valence-corrected chi connectivity index (χ2v) is 9.93. The molecule has 9 rings (SSSR count). The van der Waals surface area contributed by atoms with E-state index in [2.05, 4.69) is 101 Å². The topological polar surface area (TPSA) is 48.3 Å². The summed E-state index contributed by atoms with van der Waals surface area (Å²) in [5.41, 5.74) is 8.53. The van der Waals surface area contributed by atoms with Crippen molar-refractivity contribution in [3.8, 4) is 16.8 Å². The summed E-state index contributed by atoms with van der Waals surface area (Å²) < 4.78 is 10.5. The van der Waals surface area contributed by atoms with Crippen LogP contribution in [0.25, 0.3) is 77.2 Å². The van der Waals surface area contributed by atoms with E-state index in [1.165, 1.54) is 21.5 Å². The maximum Gasteiger partial charge on any atom is 0.249 e. The lowest BCUT2D eigenvalue weighted by atomic mass is 10.0. The SMILES string of the molecule is c1ccc(-c2ccc3c(c2)oc2c3nc3c(-n4c5ccccc5c5c6ccccc6ccc54)ccnn32)cc1. The zero-order valence-electron chi connectivity index (χ0n) is 20.7. The Kier molecular flexibility index (Phi) is 3.99. The summed E-state index contributed by atoms with van der Waals surface area (Å²) >= 11 is 0. The van der Waals surface area contributed by atoms with E-state index >= 15 is 0 Å². The average Bonchev–Trinajstić information content (AvgIpc) is 3.65. The fraction of sp³-hybridized carbons (Fsp3) is 0. The molecule has 39 heavy (non-hydrogen) atoms. The lowest BCUT2D eigenvalue weighted by Gasteiger charge is -2.09. The summed E-state index contributed by atoms with van der Waals surface area (Å²) in [5, 5.41) is 10.6. The Bertz CT molecular complexity index is 2390. The van der Waals surface area contributed by atoms with Gasteiger partial charge in [-0.3, -0.25) is 0 Å². The summed E-state index contributed by atoms with van der Waals surface area (Å²) in [4.78, 5) is 5.12. The highest BCUT2D eigenvalue weighted by Gasteiger charge is 2.21. The van der Waals surface area contributed by atoms with Gasteiger partial charge in [0.15, 0.2) is 5.65 Å². The Balaban J connectivity index is 1.34. The van der Waals surface area contributed by atoms with E-state index in [1.807, 2.05) is 35.0 Å². The average molecular weight is 501 g/mol. The van der Waals surface area contributed by atoms with Crippen molar-refractivity contribution in [1.82, 2.24) is 19.2 Å². The number of para-hydroxylation sites is 1. The Hall–Kier alpha value is -5.42. The van der Waals surface area contributed by atoms with E-state index in [0.29, 0.717) is 5.71 Å². The van der Waals surface area contributed by atoms with Gasteiger partial charge in [-0.1, -0.05) is 84.9 Å². The Morgan fingerprint density at radius 2 is 1.44 bits per heavy atom. The van der Waals surface area contributed by atoms with Crippen molar-refractivity contribution in [3.05, 3.63) is 121 Å². The lowest BCUT2D eigenvalue weighted by Crippen LogP contribution is -2.00. The van der Waals surface area contributed by atoms with Crippen molar-refractivity contribution in [2.24, 2.45) is 0 Å². The maximum absolute atomic E-state index is 6.40. The second-order valence-electron chi connectivity index (χ2n) is 9.93. The fourth-order valence-electron chi connectivity index (χ4n) is 6.07. The van der Waals surface area contributed by atoms with Crippen LogP contribution < -0.4 is 0 Å². The van der Waals surface area contributed by atoms with Gasteiger partial charge >= 0.3 is 0 Å². The summed E-state index contributed by atoms with van der Waals surface area (Å²) in [6.45, 7) is 0. The Labute approximate surface area is 222 Å². The van der Waals surface area contributed by atoms with Crippen molar-refractivity contribution in [2.45, 2.75) is 0 Å². The molecule has 0 aliphatic rings. The quantitative estimate of drug-likeness (QED) is 0.239. The van der Waals surface area contributed by atoms with Crippen molar-refractivity contribution >= 4 is 60.4 Å². The predicted octanol–water partition coefficient (Wildman–Crippen LogP) is 8.55. The molecule has 4 heterocycles. The molecule has 0 unspecified atom stereocenters. The first-order valence-corrected chi connectivity index (χ1v) is 13.0. The highest BCUT2D eigenvalue weighted by molar-refractivity contribution is 6.21. The van der Waals surface area contributed by atoms with Crippen molar-refractivity contribution in [1.29, 1.82) is 0 Å². The molecular formula is C34H20N4O. The summed E-state index contributed by atoms with van der Waals surface area (Å²) in [6.07, 6.45) is 1.83. The molecule has 0 bridgehead atoms. The van der Waals surface area contributed by atoms with E-state index in [0.717, 1.165) is 50.0 Å². The minimum Gasteiger partial charge on any atom is -0.436 e. The third kappa shape index (κ3) is 2.79. The lowest BCUT2D eigenvalue weighted by molar-refractivity contribution is 0.637. The molecule has 182 valence electrons. The first-order chi connectivity index (χ1) is 19.3. The van der Waals surface area contributed by atoms with Crippen LogP contribution in [0.4, 0.5) is 0 Å². The minimum atomic E-state index is 0.651. The molecule has 0 atom stereocenters. The van der Waals surface area contributed by atoms with E-state index < -0.39 is 0 Å². The molecule has 0 saturated carbocycles. The highest BCUT2D eigenvalue weighted by Crippen LogP contribution is 2.38. The summed E-state index contributed by atoms with van der Waals surface area (Å²) in [7, 11) is 0. The molecule has 0 saturated heterocycles. The number of imidazole rings is 1. The van der Waals surface area contributed by atoms with Crippen LogP contribution >= 0.6 is 0 Å². The van der Waals surface area contributed by atoms with Crippen LogP contribution in [0.5, 0.6) is 0 Å². The number of hydrogen-bond donors (Lipinski definition) is 0. The van der Waals surface area contributed by atoms with E-state index in [4.69, 9.17) is 9.40 Å². The van der Waals surface area contributed by atoms with Gasteiger partial charge in [0, 0.05) is 16.2 Å². The van der Waals surface area contributed by atoms with Gasteiger partial charge in [-0.05, 0) is 52.2 Å². The number of rotatable bonds is 2. The zero-order valence-corrected chi connectivity index (χ0v) is 20.7. The molecule has 0 amide bonds. The molecule has 0 radical (unpaired) electrons. The van der Waals surface area contributed by atoms with Crippen LogP contribution in [0, 0.1) is 0 Å². The smallest absolute Gasteiger partial charge is 0.249 e. The molecule has 9 aromatic rings. The molecule has 5 heteroatoms. The number of hydrogen-bond acceptors (Lipinski definition) is 3. The summed E-state index contributed by atoms with van der Waals surface area (Å²) in [5.74, 6) is 0. The van der Waals surface area contributed by atoms with Gasteiger partial charge in [0.05, 0.1) is 22.9 Å². The van der Waals surface area contributed by atoms with Gasteiger partial charge in [0.1, 0.15) is 11.1 Å². The molecule has 5 aromatic carbocycles. The van der Waals surface area contributed by atoms with Gasteiger partial charge in [-0.15, -0.1) is 0 Å². The molecule has 4 aromatic heterocycles. The molecule has 5 nitrogen and oxygen atoms in total. The largest absolute Gasteiger partial charge is 0.436 e. The zero-order chi connectivity index (χ0) is 25.5. The normalized spacial score (nSPS) is 12.1. The third-order valence-electron chi connectivity index (χ3n) is 7.81.